The molecule has 0 radical (unpaired) electrons. The van der Waals surface area contributed by atoms with E-state index in [-0.39, 0.29) is 5.91 Å². The van der Waals surface area contributed by atoms with Gasteiger partial charge in [-0.25, -0.2) is 9.97 Å². The second-order valence-electron chi connectivity index (χ2n) is 7.29. The van der Waals surface area contributed by atoms with Crippen LogP contribution in [0.5, 0.6) is 0 Å². The minimum Gasteiger partial charge on any atom is -0.277 e. The van der Waals surface area contributed by atoms with Crippen molar-refractivity contribution in [3.63, 3.8) is 0 Å². The molecule has 148 valence electrons. The summed E-state index contributed by atoms with van der Waals surface area (Å²) in [5.74, 6) is -0.117. The van der Waals surface area contributed by atoms with Crippen LogP contribution >= 0.6 is 22.7 Å². The molecule has 0 aliphatic rings. The molecule has 0 unspecified atom stereocenters. The summed E-state index contributed by atoms with van der Waals surface area (Å²) in [5, 5.41) is 1.19. The van der Waals surface area contributed by atoms with E-state index in [2.05, 4.69) is 31.0 Å². The molecule has 0 atom stereocenters. The van der Waals surface area contributed by atoms with Crippen LogP contribution in [0.4, 0.5) is 5.13 Å². The molecule has 5 aromatic rings. The molecule has 0 aliphatic heterocycles. The van der Waals surface area contributed by atoms with Gasteiger partial charge in [-0.05, 0) is 48.7 Å². The number of carbonyl (C=O) groups excluding carboxylic acids is 1. The Balaban J connectivity index is 1.61. The van der Waals surface area contributed by atoms with Crippen LogP contribution in [-0.2, 0) is 6.54 Å². The number of anilines is 1. The maximum Gasteiger partial charge on any atom is 0.289 e. The number of hydrogen-bond acceptors (Lipinski definition) is 5. The highest BCUT2D eigenvalue weighted by atomic mass is 32.1. The van der Waals surface area contributed by atoms with E-state index in [0.29, 0.717) is 16.7 Å². The average molecular weight is 430 g/mol. The average Bonchev–Trinajstić information content (AvgIpc) is 3.36. The molecule has 0 saturated carbocycles. The number of fused-ring (bicyclic) bond motifs is 2. The zero-order valence-corrected chi connectivity index (χ0v) is 18.3. The summed E-state index contributed by atoms with van der Waals surface area (Å²) in [5.41, 5.74) is 5.18. The van der Waals surface area contributed by atoms with Gasteiger partial charge in [0, 0.05) is 0 Å². The Morgan fingerprint density at radius 1 is 0.900 bits per heavy atom. The number of hydrogen-bond donors (Lipinski definition) is 0. The number of benzene rings is 3. The Morgan fingerprint density at radius 2 is 1.67 bits per heavy atom. The SMILES string of the molecule is Cc1cc(C)c2nc(N(Cc3ccccc3)C(=O)c3nc4ccccc4s3)sc2c1. The zero-order chi connectivity index (χ0) is 20.7. The highest BCUT2D eigenvalue weighted by molar-refractivity contribution is 7.23. The number of nitrogens with zero attached hydrogens (tertiary/aromatic N) is 3. The van der Waals surface area contributed by atoms with Crippen LogP contribution in [0.3, 0.4) is 0 Å². The summed E-state index contributed by atoms with van der Waals surface area (Å²) < 4.78 is 2.11. The molecule has 0 fully saturated rings. The second-order valence-corrected chi connectivity index (χ2v) is 9.33. The first-order valence-electron chi connectivity index (χ1n) is 9.67. The summed E-state index contributed by atoms with van der Waals surface area (Å²) in [6, 6.07) is 22.1. The molecule has 0 bridgehead atoms. The van der Waals surface area contributed by atoms with Crippen molar-refractivity contribution < 1.29 is 4.79 Å². The number of thiazole rings is 2. The quantitative estimate of drug-likeness (QED) is 0.333. The number of rotatable bonds is 4. The molecule has 5 rings (SSSR count). The Labute approximate surface area is 182 Å². The molecule has 0 saturated heterocycles. The smallest absolute Gasteiger partial charge is 0.277 e. The van der Waals surface area contributed by atoms with Gasteiger partial charge >= 0.3 is 0 Å². The Bertz CT molecular complexity index is 1340. The molecule has 0 spiro atoms. The van der Waals surface area contributed by atoms with Crippen molar-refractivity contribution in [1.82, 2.24) is 9.97 Å². The Kier molecular flexibility index (Phi) is 4.81. The number of para-hydroxylation sites is 1. The van der Waals surface area contributed by atoms with Crippen molar-refractivity contribution in [2.24, 2.45) is 0 Å². The van der Waals surface area contributed by atoms with Crippen LogP contribution in [-0.4, -0.2) is 15.9 Å². The first kappa shape index (κ1) is 18.9. The fraction of sp³-hybridized carbons (Fsp3) is 0.125. The minimum absolute atomic E-state index is 0.117. The van der Waals surface area contributed by atoms with Gasteiger partial charge in [0.1, 0.15) is 0 Å². The lowest BCUT2D eigenvalue weighted by Crippen LogP contribution is -2.30. The second kappa shape index (κ2) is 7.63. The van der Waals surface area contributed by atoms with Gasteiger partial charge in [-0.15, -0.1) is 11.3 Å². The fourth-order valence-electron chi connectivity index (χ4n) is 3.55. The third-order valence-electron chi connectivity index (χ3n) is 4.95. The van der Waals surface area contributed by atoms with E-state index in [1.165, 1.54) is 16.9 Å². The monoisotopic (exact) mass is 429 g/mol. The summed E-state index contributed by atoms with van der Waals surface area (Å²) in [6.07, 6.45) is 0. The summed E-state index contributed by atoms with van der Waals surface area (Å²) in [7, 11) is 0. The molecule has 1 amide bonds. The largest absolute Gasteiger partial charge is 0.289 e. The van der Waals surface area contributed by atoms with Crippen molar-refractivity contribution in [3.05, 3.63) is 88.4 Å². The van der Waals surface area contributed by atoms with E-state index in [1.807, 2.05) is 54.6 Å². The lowest BCUT2D eigenvalue weighted by atomic mass is 10.1. The molecule has 6 heteroatoms. The Morgan fingerprint density at radius 3 is 2.47 bits per heavy atom. The van der Waals surface area contributed by atoms with E-state index in [4.69, 9.17) is 4.98 Å². The normalized spacial score (nSPS) is 11.3. The van der Waals surface area contributed by atoms with Crippen molar-refractivity contribution in [2.45, 2.75) is 20.4 Å². The van der Waals surface area contributed by atoms with Gasteiger partial charge in [-0.1, -0.05) is 59.9 Å². The predicted octanol–water partition coefficient (Wildman–Crippen LogP) is 6.37. The molecule has 0 N–H and O–H groups in total. The van der Waals surface area contributed by atoms with Gasteiger partial charge in [0.15, 0.2) is 10.1 Å². The third kappa shape index (κ3) is 3.49. The molecule has 2 heterocycles. The summed E-state index contributed by atoms with van der Waals surface area (Å²) >= 11 is 2.98. The van der Waals surface area contributed by atoms with E-state index < -0.39 is 0 Å². The van der Waals surface area contributed by atoms with Crippen LogP contribution < -0.4 is 4.90 Å². The van der Waals surface area contributed by atoms with Gasteiger partial charge < -0.3 is 0 Å². The standard InChI is InChI=1S/C24H19N3OS2/c1-15-12-16(2)21-20(13-15)30-24(26-21)27(14-17-8-4-3-5-9-17)23(28)22-25-18-10-6-7-11-19(18)29-22/h3-13H,14H2,1-2H3. The number of amides is 1. The Hall–Kier alpha value is -3.09. The topological polar surface area (TPSA) is 46.1 Å². The van der Waals surface area contributed by atoms with Crippen LogP contribution in [0.2, 0.25) is 0 Å². The van der Waals surface area contributed by atoms with E-state index >= 15 is 0 Å². The number of carbonyl (C=O) groups is 1. The minimum atomic E-state index is -0.117. The maximum absolute atomic E-state index is 13.6. The number of aromatic nitrogens is 2. The summed E-state index contributed by atoms with van der Waals surface area (Å²) in [4.78, 5) is 24.8. The highest BCUT2D eigenvalue weighted by Gasteiger charge is 2.25. The summed E-state index contributed by atoms with van der Waals surface area (Å²) in [6.45, 7) is 4.60. The predicted molar refractivity (Wildman–Crippen MR) is 126 cm³/mol. The lowest BCUT2D eigenvalue weighted by Gasteiger charge is -2.18. The van der Waals surface area contributed by atoms with Crippen LogP contribution in [0.25, 0.3) is 20.4 Å². The molecular weight excluding hydrogens is 410 g/mol. The van der Waals surface area contributed by atoms with Gasteiger partial charge in [-0.2, -0.15) is 0 Å². The molecule has 4 nitrogen and oxygen atoms in total. The van der Waals surface area contributed by atoms with Crippen molar-refractivity contribution in [3.8, 4) is 0 Å². The van der Waals surface area contributed by atoms with E-state index in [1.54, 1.807) is 16.2 Å². The third-order valence-corrected chi connectivity index (χ3v) is 7.00. The fourth-order valence-corrected chi connectivity index (χ4v) is 5.60. The first-order chi connectivity index (χ1) is 14.6. The van der Waals surface area contributed by atoms with Crippen molar-refractivity contribution >= 4 is 54.1 Å². The van der Waals surface area contributed by atoms with Crippen LogP contribution in [0.15, 0.2) is 66.7 Å². The maximum atomic E-state index is 13.6. The highest BCUT2D eigenvalue weighted by Crippen LogP contribution is 2.34. The molecule has 0 aliphatic carbocycles. The molecule has 30 heavy (non-hydrogen) atoms. The van der Waals surface area contributed by atoms with Crippen LogP contribution in [0.1, 0.15) is 26.5 Å². The van der Waals surface area contributed by atoms with Gasteiger partial charge in [0.25, 0.3) is 5.91 Å². The zero-order valence-electron chi connectivity index (χ0n) is 16.6. The van der Waals surface area contributed by atoms with Gasteiger partial charge in [-0.3, -0.25) is 9.69 Å². The first-order valence-corrected chi connectivity index (χ1v) is 11.3. The number of aryl methyl sites for hydroxylation is 2. The van der Waals surface area contributed by atoms with Crippen LogP contribution in [0, 0.1) is 13.8 Å². The van der Waals surface area contributed by atoms with E-state index in [9.17, 15) is 4.79 Å². The molecular formula is C24H19N3OS2. The lowest BCUT2D eigenvalue weighted by molar-refractivity contribution is 0.0985. The van der Waals surface area contributed by atoms with Gasteiger partial charge in [0.05, 0.1) is 27.0 Å². The molecule has 2 aromatic heterocycles. The van der Waals surface area contributed by atoms with Crippen molar-refractivity contribution in [2.75, 3.05) is 4.90 Å². The van der Waals surface area contributed by atoms with Gasteiger partial charge in [0.2, 0.25) is 0 Å². The molecule has 3 aromatic carbocycles. The van der Waals surface area contributed by atoms with Crippen molar-refractivity contribution in [1.29, 1.82) is 0 Å². The van der Waals surface area contributed by atoms with E-state index in [0.717, 1.165) is 31.6 Å².